The van der Waals surface area contributed by atoms with Crippen molar-refractivity contribution in [2.75, 3.05) is 6.61 Å². The highest BCUT2D eigenvalue weighted by atomic mass is 35.5. The van der Waals surface area contributed by atoms with Gasteiger partial charge < -0.3 is 4.74 Å². The molecule has 0 amide bonds. The second-order valence-corrected chi connectivity index (χ2v) is 5.08. The highest BCUT2D eigenvalue weighted by Gasteiger charge is 2.81. The van der Waals surface area contributed by atoms with Crippen LogP contribution in [0.4, 0.5) is 35.1 Å². The van der Waals surface area contributed by atoms with Crippen LogP contribution < -0.4 is 0 Å². The first-order valence-corrected chi connectivity index (χ1v) is 6.00. The van der Waals surface area contributed by atoms with Crippen LogP contribution in [0.1, 0.15) is 19.8 Å². The number of ether oxygens (including phenoxy) is 1. The molecule has 1 fully saturated rings. The molecule has 0 saturated heterocycles. The van der Waals surface area contributed by atoms with Gasteiger partial charge in [0.15, 0.2) is 0 Å². The summed E-state index contributed by atoms with van der Waals surface area (Å²) in [5.41, 5.74) is -10.2. The van der Waals surface area contributed by atoms with Gasteiger partial charge in [-0.15, -0.1) is 11.6 Å². The Morgan fingerprint density at radius 3 is 1.75 bits per heavy atom. The van der Waals surface area contributed by atoms with E-state index in [1.54, 1.807) is 0 Å². The Labute approximate surface area is 114 Å². The van der Waals surface area contributed by atoms with Crippen LogP contribution in [-0.2, 0) is 4.74 Å². The van der Waals surface area contributed by atoms with Gasteiger partial charge in [0.05, 0.1) is 11.5 Å². The Bertz CT molecular complexity index is 356. The third-order valence-corrected chi connectivity index (χ3v) is 3.71. The summed E-state index contributed by atoms with van der Waals surface area (Å²) < 4.78 is 109. The van der Waals surface area contributed by atoms with E-state index in [0.717, 1.165) is 0 Å². The summed E-state index contributed by atoms with van der Waals surface area (Å²) in [5, 5.41) is -1.72. The lowest BCUT2D eigenvalue weighted by Crippen LogP contribution is -2.69. The van der Waals surface area contributed by atoms with Crippen molar-refractivity contribution < 1.29 is 39.9 Å². The van der Waals surface area contributed by atoms with Crippen LogP contribution in [-0.4, -0.2) is 41.8 Å². The minimum Gasteiger partial charge on any atom is -0.377 e. The SMILES string of the molecule is CCO[C@H]1C[C@](F)(C(F)(F)F)[C@@](F)(C(F)(F)F)C[C@@H]1Cl. The van der Waals surface area contributed by atoms with E-state index < -0.39 is 48.0 Å². The largest absolute Gasteiger partial charge is 0.426 e. The number of rotatable bonds is 2. The van der Waals surface area contributed by atoms with Crippen molar-refractivity contribution in [2.45, 2.75) is 54.9 Å². The Morgan fingerprint density at radius 2 is 1.40 bits per heavy atom. The van der Waals surface area contributed by atoms with Gasteiger partial charge in [-0.1, -0.05) is 0 Å². The van der Waals surface area contributed by atoms with Crippen LogP contribution in [0.2, 0.25) is 0 Å². The van der Waals surface area contributed by atoms with Crippen LogP contribution in [0.15, 0.2) is 0 Å². The minimum atomic E-state index is -6.04. The smallest absolute Gasteiger partial charge is 0.377 e. The Morgan fingerprint density at radius 1 is 1.00 bits per heavy atom. The van der Waals surface area contributed by atoms with E-state index in [2.05, 4.69) is 4.74 Å². The second kappa shape index (κ2) is 5.15. The van der Waals surface area contributed by atoms with E-state index in [0.29, 0.717) is 0 Å². The van der Waals surface area contributed by atoms with E-state index in [4.69, 9.17) is 11.6 Å². The lowest BCUT2D eigenvalue weighted by molar-refractivity contribution is -0.359. The summed E-state index contributed by atoms with van der Waals surface area (Å²) >= 11 is 5.43. The quantitative estimate of drug-likeness (QED) is 0.539. The number of hydrogen-bond acceptors (Lipinski definition) is 1. The molecule has 1 saturated carbocycles. The summed E-state index contributed by atoms with van der Waals surface area (Å²) in [5.74, 6) is 0. The summed E-state index contributed by atoms with van der Waals surface area (Å²) in [6.07, 6.45) is -17.4. The number of hydrogen-bond donors (Lipinski definition) is 0. The average Bonchev–Trinajstić information content (AvgIpc) is 2.23. The predicted molar refractivity (Wildman–Crippen MR) is 54.1 cm³/mol. The normalized spacial score (nSPS) is 39.9. The molecular formula is C10H11ClF8O. The van der Waals surface area contributed by atoms with Crippen LogP contribution in [0.25, 0.3) is 0 Å². The summed E-state index contributed by atoms with van der Waals surface area (Å²) in [6.45, 7) is 1.16. The predicted octanol–water partition coefficient (Wildman–Crippen LogP) is 4.33. The summed E-state index contributed by atoms with van der Waals surface area (Å²) in [6, 6.07) is 0. The van der Waals surface area contributed by atoms with E-state index in [1.165, 1.54) is 6.92 Å². The monoisotopic (exact) mass is 334 g/mol. The molecule has 1 aliphatic carbocycles. The van der Waals surface area contributed by atoms with Gasteiger partial charge in [-0.2, -0.15) is 26.3 Å². The molecule has 120 valence electrons. The first kappa shape index (κ1) is 17.7. The molecule has 0 heterocycles. The molecule has 1 rings (SSSR count). The van der Waals surface area contributed by atoms with E-state index >= 15 is 0 Å². The Balaban J connectivity index is 3.30. The molecular weight excluding hydrogens is 324 g/mol. The first-order chi connectivity index (χ1) is 8.80. The van der Waals surface area contributed by atoms with E-state index in [9.17, 15) is 35.1 Å². The topological polar surface area (TPSA) is 9.23 Å². The van der Waals surface area contributed by atoms with Gasteiger partial charge in [0, 0.05) is 19.4 Å². The second-order valence-electron chi connectivity index (χ2n) is 4.52. The van der Waals surface area contributed by atoms with Gasteiger partial charge in [-0.25, -0.2) is 8.78 Å². The van der Waals surface area contributed by atoms with Crippen LogP contribution >= 0.6 is 11.6 Å². The van der Waals surface area contributed by atoms with Gasteiger partial charge in [0.25, 0.3) is 5.67 Å². The molecule has 0 N–H and O–H groups in total. The van der Waals surface area contributed by atoms with Gasteiger partial charge >= 0.3 is 12.4 Å². The maximum absolute atomic E-state index is 14.0. The third kappa shape index (κ3) is 2.58. The zero-order chi connectivity index (χ0) is 16.0. The third-order valence-electron chi connectivity index (χ3n) is 3.27. The number of alkyl halides is 9. The molecule has 0 spiro atoms. The van der Waals surface area contributed by atoms with Crippen molar-refractivity contribution in [1.29, 1.82) is 0 Å². The minimum absolute atomic E-state index is 0.187. The van der Waals surface area contributed by atoms with Gasteiger partial charge in [-0.3, -0.25) is 0 Å². The molecule has 0 unspecified atom stereocenters. The van der Waals surface area contributed by atoms with Crippen LogP contribution in [0.3, 0.4) is 0 Å². The highest BCUT2D eigenvalue weighted by Crippen LogP contribution is 2.59. The molecule has 0 aromatic carbocycles. The fraction of sp³-hybridized carbons (Fsp3) is 1.00. The van der Waals surface area contributed by atoms with Gasteiger partial charge in [-0.05, 0) is 6.92 Å². The van der Waals surface area contributed by atoms with Crippen molar-refractivity contribution in [3.63, 3.8) is 0 Å². The fourth-order valence-corrected chi connectivity index (χ4v) is 2.56. The Kier molecular flexibility index (Phi) is 4.57. The Hall–Kier alpha value is -0.310. The zero-order valence-electron chi connectivity index (χ0n) is 10.1. The maximum Gasteiger partial charge on any atom is 0.426 e. The maximum atomic E-state index is 14.0. The average molecular weight is 335 g/mol. The van der Waals surface area contributed by atoms with Crippen molar-refractivity contribution in [2.24, 2.45) is 0 Å². The lowest BCUT2D eigenvalue weighted by atomic mass is 9.71. The molecule has 0 aliphatic heterocycles. The van der Waals surface area contributed by atoms with Crippen molar-refractivity contribution in [3.8, 4) is 0 Å². The van der Waals surface area contributed by atoms with Crippen LogP contribution in [0.5, 0.6) is 0 Å². The van der Waals surface area contributed by atoms with Gasteiger partial charge in [0.1, 0.15) is 0 Å². The van der Waals surface area contributed by atoms with E-state index in [-0.39, 0.29) is 6.61 Å². The zero-order valence-corrected chi connectivity index (χ0v) is 10.8. The molecule has 0 aromatic rings. The fourth-order valence-electron chi connectivity index (χ4n) is 2.19. The first-order valence-electron chi connectivity index (χ1n) is 5.57. The molecule has 0 bridgehead atoms. The molecule has 4 atom stereocenters. The number of halogens is 9. The molecule has 1 aliphatic rings. The van der Waals surface area contributed by atoms with Gasteiger partial charge in [0.2, 0.25) is 5.67 Å². The lowest BCUT2D eigenvalue weighted by Gasteiger charge is -2.48. The summed E-state index contributed by atoms with van der Waals surface area (Å²) in [7, 11) is 0. The standard InChI is InChI=1S/C10H11ClF8O/c1-2-20-6-4-8(13,10(17,18)19)7(12,3-5(6)11)9(14,15)16/h5-6H,2-4H2,1H3/t5-,6-,7+,8+/m0/s1. The van der Waals surface area contributed by atoms with Crippen molar-refractivity contribution >= 4 is 11.6 Å². The van der Waals surface area contributed by atoms with E-state index in [1.807, 2.05) is 0 Å². The summed E-state index contributed by atoms with van der Waals surface area (Å²) in [4.78, 5) is 0. The van der Waals surface area contributed by atoms with Crippen molar-refractivity contribution in [1.82, 2.24) is 0 Å². The molecule has 0 radical (unpaired) electrons. The molecule has 0 aromatic heterocycles. The molecule has 20 heavy (non-hydrogen) atoms. The molecule has 10 heteroatoms. The van der Waals surface area contributed by atoms with Crippen molar-refractivity contribution in [3.05, 3.63) is 0 Å². The highest BCUT2D eigenvalue weighted by molar-refractivity contribution is 6.21. The molecule has 1 nitrogen and oxygen atoms in total. The van der Waals surface area contributed by atoms with Crippen LogP contribution in [0, 0.1) is 0 Å².